The maximum atomic E-state index is 10.6. The van der Waals surface area contributed by atoms with E-state index in [2.05, 4.69) is 0 Å². The molecule has 1 aliphatic rings. The summed E-state index contributed by atoms with van der Waals surface area (Å²) in [6.45, 7) is -1.29. The Bertz CT molecular complexity index is 485. The van der Waals surface area contributed by atoms with Crippen LogP contribution in [0.15, 0.2) is 0 Å². The summed E-state index contributed by atoms with van der Waals surface area (Å²) in [4.78, 5) is 56.6. The smallest absolute Gasteiger partial charge is 0.317 e. The highest BCUT2D eigenvalue weighted by Crippen LogP contribution is 2.04. The molecule has 0 bridgehead atoms. The van der Waals surface area contributed by atoms with Gasteiger partial charge in [-0.3, -0.25) is 33.8 Å². The first-order valence-corrected chi connectivity index (χ1v) is 8.07. The lowest BCUT2D eigenvalue weighted by molar-refractivity contribution is -0.145. The van der Waals surface area contributed by atoms with E-state index in [9.17, 15) is 24.0 Å². The van der Waals surface area contributed by atoms with E-state index in [4.69, 9.17) is 20.4 Å². The van der Waals surface area contributed by atoms with Gasteiger partial charge in [-0.15, -0.1) is 0 Å². The van der Waals surface area contributed by atoms with Gasteiger partial charge in [0.2, 0.25) is 5.91 Å². The van der Waals surface area contributed by atoms with Gasteiger partial charge in [0.05, 0.1) is 26.2 Å². The number of amides is 1. The number of rotatable bonds is 11. The topological polar surface area (TPSA) is 176 Å². The molecule has 0 aromatic carbocycles. The van der Waals surface area contributed by atoms with Gasteiger partial charge in [-0.25, -0.2) is 0 Å². The fraction of sp³-hybridized carbons (Fsp3) is 0.667. The molecule has 0 unspecified atom stereocenters. The third-order valence-electron chi connectivity index (χ3n) is 3.48. The van der Waals surface area contributed by atoms with Crippen molar-refractivity contribution in [2.45, 2.75) is 12.8 Å². The number of carbonyl (C=O) groups is 5. The quantitative estimate of drug-likeness (QED) is 0.311. The summed E-state index contributed by atoms with van der Waals surface area (Å²) in [6.07, 6.45) is 1.81. The summed E-state index contributed by atoms with van der Waals surface area (Å²) in [5.74, 6) is -4.62. The minimum Gasteiger partial charge on any atom is -0.480 e. The van der Waals surface area contributed by atoms with Gasteiger partial charge >= 0.3 is 23.9 Å². The molecule has 0 radical (unpaired) electrons. The van der Waals surface area contributed by atoms with Crippen molar-refractivity contribution in [3.63, 3.8) is 0 Å². The highest BCUT2D eigenvalue weighted by molar-refractivity contribution is 5.77. The third-order valence-corrected chi connectivity index (χ3v) is 3.48. The molecule has 154 valence electrons. The number of carboxylic acids is 4. The van der Waals surface area contributed by atoms with Crippen molar-refractivity contribution in [3.8, 4) is 0 Å². The van der Waals surface area contributed by atoms with E-state index in [1.807, 2.05) is 7.05 Å². The van der Waals surface area contributed by atoms with Crippen LogP contribution in [-0.4, -0.2) is 118 Å². The zero-order valence-electron chi connectivity index (χ0n) is 15.0. The molecule has 0 atom stereocenters. The number of carbonyl (C=O) groups excluding carboxylic acids is 1. The van der Waals surface area contributed by atoms with Gasteiger partial charge in [-0.2, -0.15) is 0 Å². The summed E-state index contributed by atoms with van der Waals surface area (Å²) in [5.41, 5.74) is 0. The lowest BCUT2D eigenvalue weighted by Gasteiger charge is -2.23. The number of nitrogens with zero attached hydrogens (tertiary/aromatic N) is 3. The molecule has 1 aliphatic heterocycles. The summed E-state index contributed by atoms with van der Waals surface area (Å²) in [7, 11) is 1.84. The van der Waals surface area contributed by atoms with E-state index >= 15 is 0 Å². The van der Waals surface area contributed by atoms with Gasteiger partial charge in [0.1, 0.15) is 0 Å². The van der Waals surface area contributed by atoms with Crippen molar-refractivity contribution in [1.82, 2.24) is 14.7 Å². The molecule has 1 heterocycles. The predicted octanol–water partition coefficient (Wildman–Crippen LogP) is -1.83. The maximum Gasteiger partial charge on any atom is 0.317 e. The van der Waals surface area contributed by atoms with Gasteiger partial charge in [0.25, 0.3) is 0 Å². The van der Waals surface area contributed by atoms with Crippen LogP contribution in [0.5, 0.6) is 0 Å². The Balaban J connectivity index is 0.000000797. The van der Waals surface area contributed by atoms with Crippen LogP contribution in [-0.2, 0) is 24.0 Å². The molecular formula is C15H25N3O9. The van der Waals surface area contributed by atoms with Crippen LogP contribution in [0.3, 0.4) is 0 Å². The highest BCUT2D eigenvalue weighted by Gasteiger charge is 2.18. The van der Waals surface area contributed by atoms with Crippen LogP contribution >= 0.6 is 0 Å². The van der Waals surface area contributed by atoms with Crippen LogP contribution < -0.4 is 0 Å². The molecule has 1 amide bonds. The number of carboxylic acid groups (broad SMARTS) is 4. The second kappa shape index (κ2) is 12.6. The number of aliphatic carboxylic acids is 4. The molecule has 0 spiro atoms. The minimum atomic E-state index is -1.23. The van der Waals surface area contributed by atoms with E-state index in [0.717, 1.165) is 29.2 Å². The van der Waals surface area contributed by atoms with Crippen LogP contribution in [0.25, 0.3) is 0 Å². The van der Waals surface area contributed by atoms with E-state index in [0.29, 0.717) is 5.91 Å². The zero-order chi connectivity index (χ0) is 21.0. The van der Waals surface area contributed by atoms with Crippen molar-refractivity contribution in [3.05, 3.63) is 0 Å². The third kappa shape index (κ3) is 13.2. The first-order chi connectivity index (χ1) is 12.5. The van der Waals surface area contributed by atoms with Crippen LogP contribution in [0.2, 0.25) is 0 Å². The Morgan fingerprint density at radius 3 is 1.30 bits per heavy atom. The summed E-state index contributed by atoms with van der Waals surface area (Å²) >= 11 is 0. The molecule has 12 heteroatoms. The van der Waals surface area contributed by atoms with Crippen LogP contribution in [0.1, 0.15) is 12.8 Å². The molecule has 1 rings (SSSR count). The molecule has 4 N–H and O–H groups in total. The Kier molecular flexibility index (Phi) is 11.3. The molecule has 0 saturated carbocycles. The van der Waals surface area contributed by atoms with Crippen molar-refractivity contribution >= 4 is 29.8 Å². The predicted molar refractivity (Wildman–Crippen MR) is 90.3 cm³/mol. The van der Waals surface area contributed by atoms with Crippen molar-refractivity contribution in [1.29, 1.82) is 0 Å². The van der Waals surface area contributed by atoms with Crippen molar-refractivity contribution in [2.75, 3.05) is 52.9 Å². The molecule has 1 fully saturated rings. The Labute approximate surface area is 155 Å². The molecule has 12 nitrogen and oxygen atoms in total. The second-order valence-corrected chi connectivity index (χ2v) is 5.92. The largest absolute Gasteiger partial charge is 0.480 e. The van der Waals surface area contributed by atoms with E-state index < -0.39 is 50.1 Å². The summed E-state index contributed by atoms with van der Waals surface area (Å²) < 4.78 is 0. The number of hydrogen-bond donors (Lipinski definition) is 4. The standard InChI is InChI=1S/C10H16N2O8.C5H9NO/c13-7(14)3-11(4-8(15)16)1-2-12(5-9(17)18)6-10(19)20;1-6-4-2-3-5(6)7/h1-6H2,(H,13,14)(H,15,16)(H,17,18)(H,19,20);2-4H2,1H3. The van der Waals surface area contributed by atoms with Gasteiger partial charge in [0.15, 0.2) is 0 Å². The van der Waals surface area contributed by atoms with Gasteiger partial charge in [0, 0.05) is 33.1 Å². The van der Waals surface area contributed by atoms with Crippen molar-refractivity contribution < 1.29 is 44.4 Å². The Hall–Kier alpha value is -2.73. The highest BCUT2D eigenvalue weighted by atomic mass is 16.4. The number of hydrogen-bond acceptors (Lipinski definition) is 7. The average molecular weight is 391 g/mol. The SMILES string of the molecule is CN1CCCC1=O.O=C(O)CN(CCN(CC(=O)O)CC(=O)O)CC(=O)O. The molecule has 1 saturated heterocycles. The first kappa shape index (κ1) is 24.3. The molecule has 0 aromatic heterocycles. The molecular weight excluding hydrogens is 366 g/mol. The lowest BCUT2D eigenvalue weighted by atomic mass is 10.4. The Morgan fingerprint density at radius 1 is 0.815 bits per heavy atom. The fourth-order valence-electron chi connectivity index (χ4n) is 2.26. The van der Waals surface area contributed by atoms with E-state index in [1.165, 1.54) is 0 Å². The van der Waals surface area contributed by atoms with Crippen LogP contribution in [0.4, 0.5) is 0 Å². The molecule has 27 heavy (non-hydrogen) atoms. The minimum absolute atomic E-state index is 0.0703. The van der Waals surface area contributed by atoms with Gasteiger partial charge in [-0.05, 0) is 6.42 Å². The van der Waals surface area contributed by atoms with Gasteiger partial charge < -0.3 is 25.3 Å². The Morgan fingerprint density at radius 2 is 1.15 bits per heavy atom. The summed E-state index contributed by atoms with van der Waals surface area (Å²) in [5, 5.41) is 34.5. The van der Waals surface area contributed by atoms with E-state index in [-0.39, 0.29) is 13.1 Å². The zero-order valence-corrected chi connectivity index (χ0v) is 15.0. The first-order valence-electron chi connectivity index (χ1n) is 8.07. The van der Waals surface area contributed by atoms with Gasteiger partial charge in [-0.1, -0.05) is 0 Å². The lowest BCUT2D eigenvalue weighted by Crippen LogP contribution is -2.43. The second-order valence-electron chi connectivity index (χ2n) is 5.92. The van der Waals surface area contributed by atoms with Crippen molar-refractivity contribution in [2.24, 2.45) is 0 Å². The molecule has 0 aliphatic carbocycles. The maximum absolute atomic E-state index is 10.6. The monoisotopic (exact) mass is 391 g/mol. The van der Waals surface area contributed by atoms with Crippen LogP contribution in [0, 0.1) is 0 Å². The molecule has 0 aromatic rings. The van der Waals surface area contributed by atoms with E-state index in [1.54, 1.807) is 4.90 Å². The average Bonchev–Trinajstić information content (AvgIpc) is 2.86. The fourth-order valence-corrected chi connectivity index (χ4v) is 2.26. The number of likely N-dealkylation sites (tertiary alicyclic amines) is 1. The summed E-state index contributed by atoms with van der Waals surface area (Å²) in [6, 6.07) is 0. The normalized spacial score (nSPS) is 13.4.